The zero-order valence-corrected chi connectivity index (χ0v) is 23.2. The monoisotopic (exact) mass is 530 g/mol. The third-order valence-corrected chi connectivity index (χ3v) is 6.48. The highest BCUT2D eigenvalue weighted by atomic mass is 16.5. The van der Waals surface area contributed by atoms with Gasteiger partial charge in [0.1, 0.15) is 5.75 Å². The summed E-state index contributed by atoms with van der Waals surface area (Å²) >= 11 is 0. The minimum absolute atomic E-state index is 0.154. The Bertz CT molecular complexity index is 1240. The SMILES string of the molecule is CCCCCCOc1cc(N(CC)CC)ccc1/C=C(\C(=O)Nc1ccccc1)c1cc[n+](CC(=O)O)cc1. The summed E-state index contributed by atoms with van der Waals surface area (Å²) in [6.07, 6.45) is 9.61. The Kier molecular flexibility index (Phi) is 11.6. The van der Waals surface area contributed by atoms with E-state index in [9.17, 15) is 9.59 Å². The van der Waals surface area contributed by atoms with Crippen LogP contribution in [0.15, 0.2) is 73.1 Å². The van der Waals surface area contributed by atoms with E-state index in [0.29, 0.717) is 23.4 Å². The van der Waals surface area contributed by atoms with E-state index in [1.54, 1.807) is 29.1 Å². The molecule has 2 N–H and O–H groups in total. The molecule has 1 amide bonds. The van der Waals surface area contributed by atoms with Crippen LogP contribution in [0, 0.1) is 0 Å². The van der Waals surface area contributed by atoms with Gasteiger partial charge in [-0.1, -0.05) is 44.4 Å². The molecule has 0 saturated heterocycles. The lowest BCUT2D eigenvalue weighted by Gasteiger charge is -2.22. The van der Waals surface area contributed by atoms with Gasteiger partial charge in [-0.2, -0.15) is 4.57 Å². The molecule has 3 rings (SSSR count). The number of aromatic nitrogens is 1. The molecule has 0 aliphatic rings. The summed E-state index contributed by atoms with van der Waals surface area (Å²) in [6.45, 7) is 8.65. The number of benzene rings is 2. The molecule has 0 aliphatic carbocycles. The number of carbonyl (C=O) groups is 2. The third-order valence-electron chi connectivity index (χ3n) is 6.48. The molecule has 3 aromatic rings. The summed E-state index contributed by atoms with van der Waals surface area (Å²) in [6, 6.07) is 18.9. The molecule has 0 atom stereocenters. The lowest BCUT2D eigenvalue weighted by Crippen LogP contribution is -2.37. The highest BCUT2D eigenvalue weighted by Crippen LogP contribution is 2.30. The maximum atomic E-state index is 13.6. The number of carboxylic acids is 1. The van der Waals surface area contributed by atoms with Crippen molar-refractivity contribution in [3.05, 3.63) is 84.2 Å². The van der Waals surface area contributed by atoms with Crippen LogP contribution >= 0.6 is 0 Å². The second-order valence-corrected chi connectivity index (χ2v) is 9.33. The Morgan fingerprint density at radius 1 is 0.949 bits per heavy atom. The average molecular weight is 531 g/mol. The smallest absolute Gasteiger partial charge is 0.370 e. The first-order valence-electron chi connectivity index (χ1n) is 13.8. The minimum Gasteiger partial charge on any atom is -0.493 e. The number of amides is 1. The molecule has 1 aromatic heterocycles. The van der Waals surface area contributed by atoms with Crippen LogP contribution in [-0.4, -0.2) is 36.7 Å². The number of para-hydroxylation sites is 1. The number of hydrogen-bond acceptors (Lipinski definition) is 4. The highest BCUT2D eigenvalue weighted by Gasteiger charge is 2.17. The van der Waals surface area contributed by atoms with E-state index in [1.165, 1.54) is 6.42 Å². The second kappa shape index (κ2) is 15.3. The van der Waals surface area contributed by atoms with Gasteiger partial charge in [0, 0.05) is 53.8 Å². The lowest BCUT2D eigenvalue weighted by molar-refractivity contribution is -0.685. The molecule has 0 saturated carbocycles. The van der Waals surface area contributed by atoms with E-state index in [2.05, 4.69) is 43.1 Å². The first-order chi connectivity index (χ1) is 18.9. The van der Waals surface area contributed by atoms with E-state index in [0.717, 1.165) is 49.4 Å². The van der Waals surface area contributed by atoms with Gasteiger partial charge in [0.25, 0.3) is 5.91 Å². The number of carbonyl (C=O) groups excluding carboxylic acids is 1. The van der Waals surface area contributed by atoms with Crippen LogP contribution in [0.4, 0.5) is 11.4 Å². The summed E-state index contributed by atoms with van der Waals surface area (Å²) in [5.41, 5.74) is 3.70. The first-order valence-corrected chi connectivity index (χ1v) is 13.8. The molecule has 0 unspecified atom stereocenters. The van der Waals surface area contributed by atoms with Crippen molar-refractivity contribution in [2.75, 3.05) is 29.9 Å². The molecular formula is C32H40N3O4+. The normalized spacial score (nSPS) is 11.2. The quantitative estimate of drug-likeness (QED) is 0.142. The molecule has 206 valence electrons. The van der Waals surface area contributed by atoms with Crippen LogP contribution in [0.3, 0.4) is 0 Å². The molecule has 7 heteroatoms. The predicted molar refractivity (Wildman–Crippen MR) is 157 cm³/mol. The van der Waals surface area contributed by atoms with Crippen molar-refractivity contribution < 1.29 is 24.0 Å². The standard InChI is InChI=1S/C32H39N3O4/c1-4-7-8-12-21-39-30-23-28(35(5-2)6-3)16-15-26(30)22-29(32(38)33-27-13-10-9-11-14-27)25-17-19-34(20-18-25)24-31(36)37/h9-11,13-20,22-23H,4-8,12,21,24H2,1-3H3,(H-,33,36,37,38)/p+1. The molecule has 0 fully saturated rings. The lowest BCUT2D eigenvalue weighted by atomic mass is 10.0. The molecule has 0 spiro atoms. The van der Waals surface area contributed by atoms with Crippen LogP contribution in [0.1, 0.15) is 57.6 Å². The van der Waals surface area contributed by atoms with Crippen molar-refractivity contribution in [2.24, 2.45) is 0 Å². The summed E-state index contributed by atoms with van der Waals surface area (Å²) in [5, 5.41) is 12.1. The van der Waals surface area contributed by atoms with Crippen LogP contribution < -0.4 is 19.5 Å². The Hall–Kier alpha value is -4.13. The zero-order chi connectivity index (χ0) is 28.0. The predicted octanol–water partition coefficient (Wildman–Crippen LogP) is 6.04. The minimum atomic E-state index is -0.931. The van der Waals surface area contributed by atoms with Gasteiger partial charge in [0.15, 0.2) is 12.4 Å². The number of nitrogens with zero attached hydrogens (tertiary/aromatic N) is 2. The van der Waals surface area contributed by atoms with Crippen molar-refractivity contribution in [1.29, 1.82) is 0 Å². The van der Waals surface area contributed by atoms with E-state index in [1.807, 2.05) is 42.5 Å². The summed E-state index contributed by atoms with van der Waals surface area (Å²) in [5.74, 6) is -0.462. The summed E-state index contributed by atoms with van der Waals surface area (Å²) in [4.78, 5) is 27.0. The number of unbranched alkanes of at least 4 members (excludes halogenated alkanes) is 3. The number of nitrogens with one attached hydrogen (secondary N) is 1. The number of rotatable bonds is 15. The van der Waals surface area contributed by atoms with Crippen molar-refractivity contribution in [1.82, 2.24) is 0 Å². The maximum Gasteiger partial charge on any atom is 0.370 e. The Balaban J connectivity index is 2.02. The molecule has 0 aliphatic heterocycles. The topological polar surface area (TPSA) is 82.8 Å². The number of carboxylic acid groups (broad SMARTS) is 1. The van der Waals surface area contributed by atoms with Gasteiger partial charge in [-0.15, -0.1) is 0 Å². The van der Waals surface area contributed by atoms with Crippen LogP contribution in [0.2, 0.25) is 0 Å². The van der Waals surface area contributed by atoms with Gasteiger partial charge in [0.05, 0.1) is 6.61 Å². The van der Waals surface area contributed by atoms with Gasteiger partial charge in [0.2, 0.25) is 6.54 Å². The molecule has 7 nitrogen and oxygen atoms in total. The van der Waals surface area contributed by atoms with E-state index in [-0.39, 0.29) is 12.5 Å². The van der Waals surface area contributed by atoms with Crippen LogP contribution in [0.5, 0.6) is 5.75 Å². The van der Waals surface area contributed by atoms with Gasteiger partial charge in [-0.3, -0.25) is 4.79 Å². The summed E-state index contributed by atoms with van der Waals surface area (Å²) in [7, 11) is 0. The first kappa shape index (κ1) is 29.4. The Labute approximate surface area is 231 Å². The molecule has 2 aromatic carbocycles. The number of aliphatic carboxylic acids is 1. The fourth-order valence-electron chi connectivity index (χ4n) is 4.32. The average Bonchev–Trinajstić information content (AvgIpc) is 2.94. The van der Waals surface area contributed by atoms with E-state index in [4.69, 9.17) is 9.84 Å². The fraction of sp³-hybridized carbons (Fsp3) is 0.344. The van der Waals surface area contributed by atoms with Crippen LogP contribution in [0.25, 0.3) is 11.6 Å². The molecule has 1 heterocycles. The van der Waals surface area contributed by atoms with E-state index < -0.39 is 5.97 Å². The molecule has 0 radical (unpaired) electrons. The number of hydrogen-bond donors (Lipinski definition) is 2. The van der Waals surface area contributed by atoms with Gasteiger partial charge in [-0.25, -0.2) is 4.79 Å². The summed E-state index contributed by atoms with van der Waals surface area (Å²) < 4.78 is 7.85. The van der Waals surface area contributed by atoms with E-state index >= 15 is 0 Å². The van der Waals surface area contributed by atoms with Gasteiger partial charge in [-0.05, 0) is 56.2 Å². The largest absolute Gasteiger partial charge is 0.493 e. The molecule has 0 bridgehead atoms. The molecule has 39 heavy (non-hydrogen) atoms. The highest BCUT2D eigenvalue weighted by molar-refractivity contribution is 6.29. The fourth-order valence-corrected chi connectivity index (χ4v) is 4.32. The number of pyridine rings is 1. The number of anilines is 2. The van der Waals surface area contributed by atoms with Crippen molar-refractivity contribution in [2.45, 2.75) is 53.0 Å². The Morgan fingerprint density at radius 2 is 1.67 bits per heavy atom. The number of ether oxygens (including phenoxy) is 1. The van der Waals surface area contributed by atoms with Crippen molar-refractivity contribution in [3.63, 3.8) is 0 Å². The van der Waals surface area contributed by atoms with Crippen molar-refractivity contribution in [3.8, 4) is 5.75 Å². The second-order valence-electron chi connectivity index (χ2n) is 9.33. The van der Waals surface area contributed by atoms with Gasteiger partial charge < -0.3 is 20.1 Å². The van der Waals surface area contributed by atoms with Crippen molar-refractivity contribution >= 4 is 34.9 Å². The zero-order valence-electron chi connectivity index (χ0n) is 23.2. The van der Waals surface area contributed by atoms with Gasteiger partial charge >= 0.3 is 5.97 Å². The third kappa shape index (κ3) is 8.99. The Morgan fingerprint density at radius 3 is 2.31 bits per heavy atom. The van der Waals surface area contributed by atoms with Crippen LogP contribution in [-0.2, 0) is 16.1 Å². The molecular weight excluding hydrogens is 490 g/mol. The maximum absolute atomic E-state index is 13.6.